The van der Waals surface area contributed by atoms with Gasteiger partial charge in [-0.15, -0.1) is 0 Å². The summed E-state index contributed by atoms with van der Waals surface area (Å²) in [5, 5.41) is 27.7. The molecule has 1 aromatic carbocycles. The number of hydrogen-bond acceptors (Lipinski definition) is 4. The minimum absolute atomic E-state index is 0.0277. The fourth-order valence-corrected chi connectivity index (χ4v) is 5.59. The van der Waals surface area contributed by atoms with Crippen molar-refractivity contribution in [3.8, 4) is 0 Å². The first-order chi connectivity index (χ1) is 14.0. The Balaban J connectivity index is 1.58. The van der Waals surface area contributed by atoms with Crippen molar-refractivity contribution in [3.05, 3.63) is 33.8 Å². The fraction of sp³-hybridized carbons (Fsp3) is 0.619. The van der Waals surface area contributed by atoms with E-state index in [9.17, 15) is 19.8 Å². The van der Waals surface area contributed by atoms with E-state index in [4.69, 9.17) is 23.2 Å². The van der Waals surface area contributed by atoms with E-state index in [-0.39, 0.29) is 39.0 Å². The van der Waals surface area contributed by atoms with E-state index in [0.717, 1.165) is 12.8 Å². The SMILES string of the molecule is CC1(C)C2CCC1(C)C(NC(=O)NC[C@H](NC(=O)c1c(Cl)cccc1Cl)C(O)O)C2. The summed E-state index contributed by atoms with van der Waals surface area (Å²) in [5.74, 6) is -0.0762. The Hall–Kier alpha value is -1.54. The van der Waals surface area contributed by atoms with E-state index in [1.54, 1.807) is 6.07 Å². The first-order valence-electron chi connectivity index (χ1n) is 10.1. The van der Waals surface area contributed by atoms with Crippen molar-refractivity contribution < 1.29 is 19.8 Å². The second kappa shape index (κ2) is 8.54. The van der Waals surface area contributed by atoms with Crippen molar-refractivity contribution in [1.29, 1.82) is 0 Å². The van der Waals surface area contributed by atoms with Crippen LogP contribution in [0.3, 0.4) is 0 Å². The van der Waals surface area contributed by atoms with Crippen LogP contribution in [0.2, 0.25) is 10.0 Å². The number of aliphatic hydroxyl groups excluding tert-OH is 1. The highest BCUT2D eigenvalue weighted by Gasteiger charge is 2.61. The van der Waals surface area contributed by atoms with Crippen molar-refractivity contribution in [2.24, 2.45) is 16.7 Å². The van der Waals surface area contributed by atoms with Crippen LogP contribution in [0.4, 0.5) is 4.79 Å². The summed E-state index contributed by atoms with van der Waals surface area (Å²) in [4.78, 5) is 25.0. The predicted molar refractivity (Wildman–Crippen MR) is 115 cm³/mol. The number of carbonyl (C=O) groups excluding carboxylic acids is 2. The number of carbonyl (C=O) groups is 2. The van der Waals surface area contributed by atoms with Gasteiger partial charge in [-0.25, -0.2) is 4.79 Å². The largest absolute Gasteiger partial charge is 0.366 e. The van der Waals surface area contributed by atoms with Gasteiger partial charge in [-0.2, -0.15) is 0 Å². The molecule has 1 aromatic rings. The van der Waals surface area contributed by atoms with Crippen LogP contribution in [0, 0.1) is 16.7 Å². The molecular weight excluding hydrogens is 429 g/mol. The van der Waals surface area contributed by atoms with Gasteiger partial charge in [0.05, 0.1) is 21.7 Å². The second-order valence-corrected chi connectivity index (χ2v) is 9.92. The zero-order valence-electron chi connectivity index (χ0n) is 17.3. The summed E-state index contributed by atoms with van der Waals surface area (Å²) in [6.07, 6.45) is 1.31. The third-order valence-electron chi connectivity index (χ3n) is 7.45. The molecule has 5 N–H and O–H groups in total. The van der Waals surface area contributed by atoms with E-state index >= 15 is 0 Å². The van der Waals surface area contributed by atoms with Crippen molar-refractivity contribution in [3.63, 3.8) is 0 Å². The average molecular weight is 458 g/mol. The lowest BCUT2D eigenvalue weighted by Gasteiger charge is -2.39. The highest BCUT2D eigenvalue weighted by molar-refractivity contribution is 6.39. The molecule has 4 atom stereocenters. The summed E-state index contributed by atoms with van der Waals surface area (Å²) in [7, 11) is 0. The van der Waals surface area contributed by atoms with Gasteiger partial charge < -0.3 is 26.2 Å². The molecule has 2 aliphatic rings. The lowest BCUT2D eigenvalue weighted by atomic mass is 9.69. The van der Waals surface area contributed by atoms with Gasteiger partial charge in [0.2, 0.25) is 0 Å². The van der Waals surface area contributed by atoms with E-state index in [2.05, 4.69) is 36.7 Å². The Labute approximate surface area is 186 Å². The number of rotatable bonds is 6. The summed E-state index contributed by atoms with van der Waals surface area (Å²) in [5.41, 5.74) is 0.227. The molecular formula is C21H29Cl2N3O4. The Morgan fingerprint density at radius 1 is 1.20 bits per heavy atom. The summed E-state index contributed by atoms with van der Waals surface area (Å²) < 4.78 is 0. The van der Waals surface area contributed by atoms with Crippen LogP contribution in [0.15, 0.2) is 18.2 Å². The number of halogens is 2. The Morgan fingerprint density at radius 2 is 1.83 bits per heavy atom. The zero-order chi connectivity index (χ0) is 22.3. The minimum atomic E-state index is -1.88. The summed E-state index contributed by atoms with van der Waals surface area (Å²) >= 11 is 12.1. The van der Waals surface area contributed by atoms with Gasteiger partial charge in [-0.05, 0) is 48.1 Å². The number of aliphatic hydroxyl groups is 2. The Bertz CT molecular complexity index is 812. The Morgan fingerprint density at radius 3 is 2.33 bits per heavy atom. The molecule has 7 nitrogen and oxygen atoms in total. The minimum Gasteiger partial charge on any atom is -0.366 e. The molecule has 0 aromatic heterocycles. The van der Waals surface area contributed by atoms with E-state index in [0.29, 0.717) is 5.92 Å². The highest BCUT2D eigenvalue weighted by atomic mass is 35.5. The van der Waals surface area contributed by atoms with E-state index in [1.807, 2.05) is 0 Å². The standard InChI is InChI=1S/C21H29Cl2N3O4/c1-20(2)11-7-8-21(20,3)15(9-11)26-19(30)24-10-14(18(28)29)25-17(27)16-12(22)5-4-6-13(16)23/h4-6,11,14-15,18,28-29H,7-10H2,1-3H3,(H,25,27)(H2,24,26,30)/t11?,14-,15?,21?/m0/s1. The predicted octanol–water partition coefficient (Wildman–Crippen LogP) is 2.92. The third-order valence-corrected chi connectivity index (χ3v) is 8.08. The van der Waals surface area contributed by atoms with Crippen molar-refractivity contribution in [1.82, 2.24) is 16.0 Å². The maximum Gasteiger partial charge on any atom is 0.315 e. The molecule has 0 saturated heterocycles. The molecule has 3 amide bonds. The lowest BCUT2D eigenvalue weighted by molar-refractivity contribution is -0.0637. The summed E-state index contributed by atoms with van der Waals surface area (Å²) in [6, 6.07) is 3.14. The smallest absolute Gasteiger partial charge is 0.315 e. The molecule has 2 aliphatic carbocycles. The molecule has 0 heterocycles. The monoisotopic (exact) mass is 457 g/mol. The molecule has 0 aliphatic heterocycles. The molecule has 3 rings (SSSR count). The molecule has 166 valence electrons. The third kappa shape index (κ3) is 4.13. The number of fused-ring (bicyclic) bond motifs is 2. The molecule has 0 radical (unpaired) electrons. The van der Waals surface area contributed by atoms with Crippen LogP contribution in [0.25, 0.3) is 0 Å². The summed E-state index contributed by atoms with van der Waals surface area (Å²) in [6.45, 7) is 6.57. The van der Waals surface area contributed by atoms with Gasteiger partial charge in [0.15, 0.2) is 6.29 Å². The molecule has 3 unspecified atom stereocenters. The van der Waals surface area contributed by atoms with Crippen LogP contribution in [-0.4, -0.2) is 47.1 Å². The van der Waals surface area contributed by atoms with Gasteiger partial charge >= 0.3 is 6.03 Å². The maximum atomic E-state index is 12.5. The lowest BCUT2D eigenvalue weighted by Crippen LogP contribution is -2.54. The van der Waals surface area contributed by atoms with Crippen LogP contribution < -0.4 is 16.0 Å². The maximum absolute atomic E-state index is 12.5. The van der Waals surface area contributed by atoms with Crippen LogP contribution in [-0.2, 0) is 0 Å². The fourth-order valence-electron chi connectivity index (χ4n) is 5.02. The average Bonchev–Trinajstić information content (AvgIpc) is 2.98. The van der Waals surface area contributed by atoms with Crippen molar-refractivity contribution >= 4 is 35.1 Å². The van der Waals surface area contributed by atoms with Crippen LogP contribution in [0.1, 0.15) is 50.4 Å². The van der Waals surface area contributed by atoms with Crippen LogP contribution in [0.5, 0.6) is 0 Å². The number of nitrogens with one attached hydrogen (secondary N) is 3. The molecule has 30 heavy (non-hydrogen) atoms. The number of hydrogen-bond donors (Lipinski definition) is 5. The number of urea groups is 1. The van der Waals surface area contributed by atoms with E-state index in [1.165, 1.54) is 18.6 Å². The second-order valence-electron chi connectivity index (χ2n) is 9.11. The highest BCUT2D eigenvalue weighted by Crippen LogP contribution is 2.65. The molecule has 0 spiro atoms. The molecule has 2 bridgehead atoms. The van der Waals surface area contributed by atoms with Crippen LogP contribution >= 0.6 is 23.2 Å². The first kappa shape index (κ1) is 23.1. The van der Waals surface area contributed by atoms with Gasteiger partial charge in [-0.1, -0.05) is 50.0 Å². The first-order valence-corrected chi connectivity index (χ1v) is 10.9. The van der Waals surface area contributed by atoms with Gasteiger partial charge in [0, 0.05) is 12.6 Å². The van der Waals surface area contributed by atoms with Gasteiger partial charge in [-0.3, -0.25) is 4.79 Å². The quantitative estimate of drug-likeness (QED) is 0.422. The number of benzene rings is 1. The van der Waals surface area contributed by atoms with Crippen molar-refractivity contribution in [2.45, 2.75) is 58.4 Å². The Kier molecular flexibility index (Phi) is 6.58. The number of amides is 3. The molecule has 9 heteroatoms. The zero-order valence-corrected chi connectivity index (χ0v) is 18.8. The molecule has 2 fully saturated rings. The molecule has 2 saturated carbocycles. The normalized spacial score (nSPS) is 27.7. The van der Waals surface area contributed by atoms with Gasteiger partial charge in [0.25, 0.3) is 5.91 Å². The topological polar surface area (TPSA) is 111 Å². The van der Waals surface area contributed by atoms with Crippen molar-refractivity contribution in [2.75, 3.05) is 6.54 Å². The van der Waals surface area contributed by atoms with E-state index < -0.39 is 24.3 Å². The van der Waals surface area contributed by atoms with Gasteiger partial charge in [0.1, 0.15) is 0 Å².